The highest BCUT2D eigenvalue weighted by atomic mass is 16.3. The van der Waals surface area contributed by atoms with E-state index in [2.05, 4.69) is 14.9 Å². The largest absolute Gasteiger partial charge is 0.508 e. The molecule has 4 aromatic carbocycles. The van der Waals surface area contributed by atoms with Crippen molar-refractivity contribution in [1.29, 1.82) is 0 Å². The molecule has 0 amide bonds. The highest BCUT2D eigenvalue weighted by molar-refractivity contribution is 6.14. The average molecular weight is 560 g/mol. The van der Waals surface area contributed by atoms with Gasteiger partial charge in [0.2, 0.25) is 0 Å². The molecule has 0 saturated carbocycles. The van der Waals surface area contributed by atoms with Crippen molar-refractivity contribution in [3.05, 3.63) is 118 Å². The number of likely N-dealkylation sites (N-methyl/N-ethyl adjacent to an activating group) is 1. The molecule has 1 aliphatic heterocycles. The Balaban J connectivity index is 1.35. The van der Waals surface area contributed by atoms with Gasteiger partial charge in [-0.2, -0.15) is 0 Å². The third kappa shape index (κ3) is 6.99. The first-order valence-electron chi connectivity index (χ1n) is 13.2. The molecule has 1 fully saturated rings. The molecule has 1 heterocycles. The quantitative estimate of drug-likeness (QED) is 0.170. The predicted molar refractivity (Wildman–Crippen MR) is 165 cm³/mol. The van der Waals surface area contributed by atoms with Gasteiger partial charge in [0.1, 0.15) is 23.0 Å². The minimum absolute atomic E-state index is 0.0261. The monoisotopic (exact) mass is 559 g/mol. The number of phenolic OH excluding ortho intramolecular Hbond substituents is 4. The summed E-state index contributed by atoms with van der Waals surface area (Å²) < 4.78 is 0. The van der Waals surface area contributed by atoms with Crippen molar-refractivity contribution in [2.24, 2.45) is 9.98 Å². The zero-order valence-electron chi connectivity index (χ0n) is 22.8. The maximum absolute atomic E-state index is 13.5. The van der Waals surface area contributed by atoms with E-state index in [0.29, 0.717) is 46.7 Å². The maximum atomic E-state index is 13.5. The lowest BCUT2D eigenvalue weighted by molar-refractivity contribution is -0.113. The number of Topliss-reactive ketones (excluding diaryl/α,β-unsaturated/α-hetero) is 1. The summed E-state index contributed by atoms with van der Waals surface area (Å²) in [4.78, 5) is 24.4. The van der Waals surface area contributed by atoms with Gasteiger partial charge < -0.3 is 20.4 Å². The third-order valence-electron chi connectivity index (χ3n) is 6.62. The van der Waals surface area contributed by atoms with Crippen molar-refractivity contribution in [3.63, 3.8) is 0 Å². The van der Waals surface area contributed by atoms with Crippen LogP contribution in [0.2, 0.25) is 0 Å². The molecule has 0 spiro atoms. The number of carbonyl (C=O) groups is 1. The van der Waals surface area contributed by atoms with E-state index in [4.69, 9.17) is 0 Å². The second-order valence-electron chi connectivity index (χ2n) is 10.0. The minimum Gasteiger partial charge on any atom is -0.508 e. The summed E-state index contributed by atoms with van der Waals surface area (Å²) >= 11 is 0. The molecule has 0 radical (unpaired) electrons. The number of rotatable bonds is 6. The fourth-order valence-electron chi connectivity index (χ4n) is 4.57. The van der Waals surface area contributed by atoms with Crippen molar-refractivity contribution in [3.8, 4) is 23.0 Å². The summed E-state index contributed by atoms with van der Waals surface area (Å²) in [6.45, 7) is 1.01. The lowest BCUT2D eigenvalue weighted by atomic mass is 9.94. The lowest BCUT2D eigenvalue weighted by Gasteiger charge is -2.26. The number of nitrogens with zero attached hydrogens (tertiary/aromatic N) is 3. The second-order valence-corrected chi connectivity index (χ2v) is 10.0. The Morgan fingerprint density at radius 3 is 1.52 bits per heavy atom. The summed E-state index contributed by atoms with van der Waals surface area (Å²) in [5.41, 5.74) is 5.23. The van der Waals surface area contributed by atoms with Crippen LogP contribution in [0.25, 0.3) is 12.2 Å². The number of likely N-dealkylation sites (tertiary alicyclic amines) is 1. The Hall–Kier alpha value is -5.47. The van der Waals surface area contributed by atoms with Gasteiger partial charge in [-0.05, 0) is 78.9 Å². The smallest absolute Gasteiger partial charge is 0.187 e. The first-order chi connectivity index (χ1) is 20.2. The van der Waals surface area contributed by atoms with Gasteiger partial charge in [-0.1, -0.05) is 24.3 Å². The van der Waals surface area contributed by atoms with E-state index < -0.39 is 0 Å². The van der Waals surface area contributed by atoms with Gasteiger partial charge in [-0.15, -0.1) is 0 Å². The number of hydrogen-bond donors (Lipinski definition) is 4. The highest BCUT2D eigenvalue weighted by Gasteiger charge is 2.24. The third-order valence-corrected chi connectivity index (χ3v) is 6.62. The highest BCUT2D eigenvalue weighted by Crippen LogP contribution is 2.26. The zero-order chi connectivity index (χ0) is 29.6. The Bertz CT molecular complexity index is 1640. The number of hydrogen-bond acceptors (Lipinski definition) is 8. The van der Waals surface area contributed by atoms with Gasteiger partial charge in [-0.25, -0.2) is 0 Å². The van der Waals surface area contributed by atoms with Crippen LogP contribution in [-0.4, -0.2) is 63.7 Å². The molecule has 0 atom stereocenters. The van der Waals surface area contributed by atoms with Crippen molar-refractivity contribution >= 4 is 41.7 Å². The summed E-state index contributed by atoms with van der Waals surface area (Å²) in [6.07, 6.45) is 6.78. The number of carbonyl (C=O) groups excluding carboxylic acids is 1. The van der Waals surface area contributed by atoms with E-state index in [-0.39, 0.29) is 28.8 Å². The lowest BCUT2D eigenvalue weighted by Crippen LogP contribution is -2.34. The van der Waals surface area contributed by atoms with Crippen molar-refractivity contribution in [2.45, 2.75) is 0 Å². The van der Waals surface area contributed by atoms with Gasteiger partial charge in [0.25, 0.3) is 0 Å². The first kappa shape index (κ1) is 28.1. The van der Waals surface area contributed by atoms with Crippen molar-refractivity contribution in [2.75, 3.05) is 20.1 Å². The Kier molecular flexibility index (Phi) is 8.27. The van der Waals surface area contributed by atoms with E-state index in [1.54, 1.807) is 12.1 Å². The molecule has 0 unspecified atom stereocenters. The number of aromatic hydroxyl groups is 4. The SMILES string of the molecule is CN1CC(=Cc2cccc(N=Cc3ccc(O)cc3O)c2)C(=O)C(=Cc2cccc(N=Cc3ccc(O)cc3O)c2)C1. The first-order valence-corrected chi connectivity index (χ1v) is 13.2. The normalized spacial score (nSPS) is 16.3. The van der Waals surface area contributed by atoms with Crippen LogP contribution < -0.4 is 0 Å². The van der Waals surface area contributed by atoms with Crippen molar-refractivity contribution < 1.29 is 25.2 Å². The van der Waals surface area contributed by atoms with E-state index in [9.17, 15) is 25.2 Å². The molecule has 4 aromatic rings. The molecule has 1 aliphatic rings. The van der Waals surface area contributed by atoms with Crippen LogP contribution in [0.5, 0.6) is 23.0 Å². The molecule has 0 aromatic heterocycles. The second kappa shape index (κ2) is 12.4. The van der Waals surface area contributed by atoms with Gasteiger partial charge >= 0.3 is 0 Å². The summed E-state index contributed by atoms with van der Waals surface area (Å²) in [7, 11) is 1.96. The number of benzene rings is 4. The molecular weight excluding hydrogens is 530 g/mol. The van der Waals surface area contributed by atoms with Gasteiger partial charge in [-0.3, -0.25) is 19.7 Å². The molecule has 1 saturated heterocycles. The fourth-order valence-corrected chi connectivity index (χ4v) is 4.57. The predicted octanol–water partition coefficient (Wildman–Crippen LogP) is 5.99. The van der Waals surface area contributed by atoms with Crippen LogP contribution in [0.3, 0.4) is 0 Å². The Labute approximate surface area is 243 Å². The molecule has 0 bridgehead atoms. The average Bonchev–Trinajstić information content (AvgIpc) is 2.95. The van der Waals surface area contributed by atoms with E-state index in [1.807, 2.05) is 67.7 Å². The zero-order valence-corrected chi connectivity index (χ0v) is 22.8. The molecule has 4 N–H and O–H groups in total. The fraction of sp³-hybridized carbons (Fsp3) is 0.0882. The van der Waals surface area contributed by atoms with Crippen LogP contribution in [0.15, 0.2) is 106 Å². The molecule has 8 nitrogen and oxygen atoms in total. The van der Waals surface area contributed by atoms with E-state index in [0.717, 1.165) is 11.1 Å². The van der Waals surface area contributed by atoms with Gasteiger partial charge in [0.05, 0.1) is 11.4 Å². The van der Waals surface area contributed by atoms with Crippen LogP contribution in [0, 0.1) is 0 Å². The van der Waals surface area contributed by atoms with Gasteiger partial charge in [0.15, 0.2) is 5.78 Å². The molecule has 210 valence electrons. The van der Waals surface area contributed by atoms with Crippen LogP contribution in [0.4, 0.5) is 11.4 Å². The Morgan fingerprint density at radius 2 is 1.10 bits per heavy atom. The van der Waals surface area contributed by atoms with Crippen molar-refractivity contribution in [1.82, 2.24) is 4.90 Å². The number of phenols is 4. The van der Waals surface area contributed by atoms with E-state index >= 15 is 0 Å². The summed E-state index contributed by atoms with van der Waals surface area (Å²) in [5, 5.41) is 39.0. The number of aliphatic imine (C=N–C) groups is 2. The summed E-state index contributed by atoms with van der Waals surface area (Å²) in [6, 6.07) is 23.5. The standard InChI is InChI=1S/C34H29N3O5/c1-37-20-26(12-22-4-2-6-28(14-22)35-18-24-8-10-30(38)16-32(24)40)34(42)27(21-37)13-23-5-3-7-29(15-23)36-19-25-9-11-31(39)17-33(25)41/h2-19,38-41H,20-21H2,1H3. The van der Waals surface area contributed by atoms with Crippen LogP contribution in [-0.2, 0) is 4.79 Å². The maximum Gasteiger partial charge on any atom is 0.187 e. The van der Waals surface area contributed by atoms with Crippen LogP contribution in [0.1, 0.15) is 22.3 Å². The molecule has 8 heteroatoms. The number of ketones is 1. The minimum atomic E-state index is -0.0684. The molecule has 0 aliphatic carbocycles. The molecule has 5 rings (SSSR count). The van der Waals surface area contributed by atoms with E-state index in [1.165, 1.54) is 36.7 Å². The summed E-state index contributed by atoms with van der Waals surface area (Å²) in [5.74, 6) is -0.218. The molecular formula is C34H29N3O5. The van der Waals surface area contributed by atoms with Crippen LogP contribution >= 0.6 is 0 Å². The number of piperidine rings is 1. The molecule has 42 heavy (non-hydrogen) atoms. The van der Waals surface area contributed by atoms with Gasteiger partial charge in [0, 0.05) is 59.9 Å². The topological polar surface area (TPSA) is 126 Å². The Morgan fingerprint density at radius 1 is 0.643 bits per heavy atom.